The van der Waals surface area contributed by atoms with Gasteiger partial charge in [-0.25, -0.2) is 0 Å². The highest BCUT2D eigenvalue weighted by atomic mass is 19.4. The molecule has 0 bridgehead atoms. The highest BCUT2D eigenvalue weighted by Gasteiger charge is 2.42. The van der Waals surface area contributed by atoms with E-state index in [-0.39, 0.29) is 0 Å². The number of halogens is 6. The summed E-state index contributed by atoms with van der Waals surface area (Å²) < 4.78 is 74.3. The first-order valence-electron chi connectivity index (χ1n) is 4.52. The van der Waals surface area contributed by atoms with Crippen LogP contribution in [-0.2, 0) is 12.7 Å². The number of alkyl halides is 6. The zero-order valence-corrected chi connectivity index (χ0v) is 8.68. The van der Waals surface area contributed by atoms with Crippen LogP contribution >= 0.6 is 0 Å². The van der Waals surface area contributed by atoms with E-state index in [0.717, 1.165) is 0 Å². The third-order valence-electron chi connectivity index (χ3n) is 2.10. The van der Waals surface area contributed by atoms with Crippen LogP contribution < -0.4 is 5.73 Å². The summed E-state index contributed by atoms with van der Waals surface area (Å²) in [4.78, 5) is 0. The molecule has 1 aromatic rings. The lowest BCUT2D eigenvalue weighted by Crippen LogP contribution is -2.38. The fourth-order valence-corrected chi connectivity index (χ4v) is 1.18. The molecule has 1 unspecified atom stereocenters. The lowest BCUT2D eigenvalue weighted by Gasteiger charge is -2.18. The molecule has 1 heterocycles. The summed E-state index contributed by atoms with van der Waals surface area (Å²) in [5, 5.41) is 9.94. The number of nitrogens with zero attached hydrogens (tertiary/aromatic N) is 2. The van der Waals surface area contributed by atoms with Crippen molar-refractivity contribution in [1.82, 2.24) is 9.78 Å². The Balaban J connectivity index is 2.90. The van der Waals surface area contributed by atoms with Crippen LogP contribution in [0.25, 0.3) is 0 Å². The van der Waals surface area contributed by atoms with Crippen molar-refractivity contribution in [3.8, 4) is 0 Å². The van der Waals surface area contributed by atoms with Crippen LogP contribution in [0.1, 0.15) is 5.56 Å². The average Bonchev–Trinajstić information content (AvgIpc) is 2.58. The lowest BCUT2D eigenvalue weighted by molar-refractivity contribution is -0.159. The van der Waals surface area contributed by atoms with Crippen LogP contribution in [0.4, 0.5) is 26.3 Å². The number of rotatable bonds is 3. The largest absolute Gasteiger partial charge is 0.419 e. The third kappa shape index (κ3) is 3.37. The number of amidine groups is 1. The van der Waals surface area contributed by atoms with Gasteiger partial charge < -0.3 is 5.73 Å². The molecule has 0 aliphatic rings. The maximum atomic E-state index is 12.4. The fraction of sp³-hybridized carbons (Fsp3) is 0.500. The Labute approximate surface area is 96.9 Å². The van der Waals surface area contributed by atoms with Gasteiger partial charge in [0, 0.05) is 6.20 Å². The molecule has 4 nitrogen and oxygen atoms in total. The van der Waals surface area contributed by atoms with Gasteiger partial charge in [-0.05, 0) is 0 Å². The first kappa shape index (κ1) is 14.3. The van der Waals surface area contributed by atoms with E-state index in [9.17, 15) is 26.3 Å². The van der Waals surface area contributed by atoms with Crippen LogP contribution in [0, 0.1) is 11.3 Å². The van der Waals surface area contributed by atoms with Crippen LogP contribution in [0.5, 0.6) is 0 Å². The van der Waals surface area contributed by atoms with E-state index in [2.05, 4.69) is 5.10 Å². The van der Waals surface area contributed by atoms with Crippen molar-refractivity contribution in [3.05, 3.63) is 18.0 Å². The Morgan fingerprint density at radius 2 is 1.89 bits per heavy atom. The summed E-state index contributed by atoms with van der Waals surface area (Å²) >= 11 is 0. The second kappa shape index (κ2) is 4.50. The molecule has 3 N–H and O–H groups in total. The minimum absolute atomic E-state index is 0.410. The highest BCUT2D eigenvalue weighted by Crippen LogP contribution is 2.30. The summed E-state index contributed by atoms with van der Waals surface area (Å²) in [6, 6.07) is 0. The third-order valence-corrected chi connectivity index (χ3v) is 2.10. The van der Waals surface area contributed by atoms with Crippen molar-refractivity contribution in [2.24, 2.45) is 11.7 Å². The van der Waals surface area contributed by atoms with E-state index >= 15 is 0 Å². The second-order valence-corrected chi connectivity index (χ2v) is 3.50. The van der Waals surface area contributed by atoms with Gasteiger partial charge in [-0.1, -0.05) is 0 Å². The predicted octanol–water partition coefficient (Wildman–Crippen LogP) is 2.02. The van der Waals surface area contributed by atoms with Gasteiger partial charge in [-0.3, -0.25) is 10.1 Å². The van der Waals surface area contributed by atoms with Crippen molar-refractivity contribution in [2.75, 3.05) is 0 Å². The summed E-state index contributed by atoms with van der Waals surface area (Å²) in [6.07, 6.45) is -8.65. The minimum Gasteiger partial charge on any atom is -0.387 e. The first-order valence-corrected chi connectivity index (χ1v) is 4.52. The van der Waals surface area contributed by atoms with Gasteiger partial charge >= 0.3 is 12.4 Å². The molecule has 0 aliphatic heterocycles. The smallest absolute Gasteiger partial charge is 0.387 e. The Bertz CT molecular complexity index is 432. The first-order chi connectivity index (χ1) is 8.01. The molecule has 1 rings (SSSR count). The van der Waals surface area contributed by atoms with E-state index in [0.29, 0.717) is 17.1 Å². The SMILES string of the molecule is N=C(N)C(Cn1cc(C(F)(F)F)cn1)C(F)(F)F. The summed E-state index contributed by atoms with van der Waals surface area (Å²) in [5.41, 5.74) is 3.60. The maximum absolute atomic E-state index is 12.4. The van der Waals surface area contributed by atoms with Gasteiger partial charge in [-0.15, -0.1) is 0 Å². The lowest BCUT2D eigenvalue weighted by atomic mass is 10.1. The molecule has 10 heteroatoms. The average molecular weight is 274 g/mol. The van der Waals surface area contributed by atoms with Crippen LogP contribution in [0.15, 0.2) is 12.4 Å². The molecule has 102 valence electrons. The van der Waals surface area contributed by atoms with Gasteiger partial charge in [0.25, 0.3) is 0 Å². The zero-order valence-electron chi connectivity index (χ0n) is 8.68. The molecule has 1 atom stereocenters. The molecule has 0 radical (unpaired) electrons. The number of aromatic nitrogens is 2. The van der Waals surface area contributed by atoms with Gasteiger partial charge in [0.1, 0.15) is 11.8 Å². The predicted molar refractivity (Wildman–Crippen MR) is 48.7 cm³/mol. The highest BCUT2D eigenvalue weighted by molar-refractivity contribution is 5.80. The molecule has 0 saturated carbocycles. The zero-order chi connectivity index (χ0) is 14.1. The number of nitrogens with two attached hydrogens (primary N) is 1. The Kier molecular flexibility index (Phi) is 3.58. The molecule has 0 spiro atoms. The van der Waals surface area contributed by atoms with Crippen molar-refractivity contribution >= 4 is 5.84 Å². The topological polar surface area (TPSA) is 67.7 Å². The quantitative estimate of drug-likeness (QED) is 0.503. The van der Waals surface area contributed by atoms with E-state index < -0.39 is 36.2 Å². The van der Waals surface area contributed by atoms with Crippen LogP contribution in [-0.4, -0.2) is 21.8 Å². The van der Waals surface area contributed by atoms with E-state index in [4.69, 9.17) is 11.1 Å². The van der Waals surface area contributed by atoms with E-state index in [1.165, 1.54) is 0 Å². The number of hydrogen-bond acceptors (Lipinski definition) is 2. The minimum atomic E-state index is -4.81. The van der Waals surface area contributed by atoms with Crippen molar-refractivity contribution in [3.63, 3.8) is 0 Å². The molecular formula is C8H8F6N4. The van der Waals surface area contributed by atoms with Gasteiger partial charge in [0.2, 0.25) is 0 Å². The molecular weight excluding hydrogens is 266 g/mol. The standard InChI is InChI=1S/C8H8F6N4/c9-7(10,11)4-1-17-18(2-4)3-5(6(15)16)8(12,13)14/h1-2,5H,3H2,(H3,15,16). The molecule has 0 aromatic carbocycles. The van der Waals surface area contributed by atoms with Crippen molar-refractivity contribution < 1.29 is 26.3 Å². The Morgan fingerprint density at radius 1 is 1.33 bits per heavy atom. The number of nitrogens with one attached hydrogen (secondary N) is 1. The van der Waals surface area contributed by atoms with E-state index in [1.807, 2.05) is 0 Å². The van der Waals surface area contributed by atoms with Gasteiger partial charge in [0.05, 0.1) is 18.3 Å². The monoisotopic (exact) mass is 274 g/mol. The second-order valence-electron chi connectivity index (χ2n) is 3.50. The van der Waals surface area contributed by atoms with Gasteiger partial charge in [0.15, 0.2) is 0 Å². The molecule has 0 aliphatic carbocycles. The molecule has 0 fully saturated rings. The van der Waals surface area contributed by atoms with Crippen LogP contribution in [0.2, 0.25) is 0 Å². The summed E-state index contributed by atoms with van der Waals surface area (Å²) in [6.45, 7) is -0.963. The van der Waals surface area contributed by atoms with Crippen LogP contribution in [0.3, 0.4) is 0 Å². The van der Waals surface area contributed by atoms with E-state index in [1.54, 1.807) is 0 Å². The Hall–Kier alpha value is -1.74. The normalized spacial score (nSPS) is 14.6. The molecule has 0 saturated heterocycles. The number of hydrogen-bond donors (Lipinski definition) is 2. The molecule has 1 aromatic heterocycles. The van der Waals surface area contributed by atoms with Gasteiger partial charge in [-0.2, -0.15) is 31.4 Å². The molecule has 0 amide bonds. The Morgan fingerprint density at radius 3 is 2.22 bits per heavy atom. The fourth-order valence-electron chi connectivity index (χ4n) is 1.18. The van der Waals surface area contributed by atoms with Crippen molar-refractivity contribution in [1.29, 1.82) is 5.41 Å². The maximum Gasteiger partial charge on any atom is 0.419 e. The summed E-state index contributed by atoms with van der Waals surface area (Å²) in [5.74, 6) is -3.54. The summed E-state index contributed by atoms with van der Waals surface area (Å²) in [7, 11) is 0. The molecule has 18 heavy (non-hydrogen) atoms. The van der Waals surface area contributed by atoms with Crippen molar-refractivity contribution in [2.45, 2.75) is 18.9 Å².